The predicted octanol–water partition coefficient (Wildman–Crippen LogP) is -1.33. The summed E-state index contributed by atoms with van der Waals surface area (Å²) in [6, 6.07) is 0. The van der Waals surface area contributed by atoms with Crippen LogP contribution < -0.4 is 5.56 Å². The van der Waals surface area contributed by atoms with Crippen LogP contribution in [0.1, 0.15) is 18.5 Å². The number of nitrogens with zero attached hydrogens (tertiary/aromatic N) is 3. The third-order valence-electron chi connectivity index (χ3n) is 3.45. The van der Waals surface area contributed by atoms with Gasteiger partial charge in [-0.05, 0) is 0 Å². The average molecular weight is 318 g/mol. The molecular weight excluding hydrogens is 306 g/mol. The van der Waals surface area contributed by atoms with E-state index in [1.165, 1.54) is 0 Å². The molecule has 11 heteroatoms. The van der Waals surface area contributed by atoms with Crippen molar-refractivity contribution in [3.8, 4) is 0 Å². The van der Waals surface area contributed by atoms with E-state index in [1.807, 2.05) is 4.98 Å². The Labute approximate surface area is 120 Å². The molecule has 3 heterocycles. The first-order valence-electron chi connectivity index (χ1n) is 6.31. The van der Waals surface area contributed by atoms with Crippen LogP contribution in [0, 0.1) is 0 Å². The average Bonchev–Trinajstić information content (AvgIpc) is 3.02. The number of aromatic amines is 1. The number of hydrogen-bond donors (Lipinski definition) is 4. The number of aliphatic hydroxyl groups excluding tert-OH is 3. The highest BCUT2D eigenvalue weighted by molar-refractivity contribution is 5.69. The van der Waals surface area contributed by atoms with E-state index < -0.39 is 49.0 Å². The van der Waals surface area contributed by atoms with Gasteiger partial charge >= 0.3 is 0 Å². The van der Waals surface area contributed by atoms with E-state index in [9.17, 15) is 23.8 Å². The van der Waals surface area contributed by atoms with Crippen LogP contribution in [-0.2, 0) is 4.74 Å². The van der Waals surface area contributed by atoms with Gasteiger partial charge in [0.1, 0.15) is 18.3 Å². The van der Waals surface area contributed by atoms with Gasteiger partial charge < -0.3 is 25.0 Å². The fraction of sp³-hybridized carbons (Fsp3) is 0.545. The van der Waals surface area contributed by atoms with Gasteiger partial charge in [-0.3, -0.25) is 9.36 Å². The molecule has 120 valence electrons. The number of ether oxygens (including phenoxy) is 1. The summed E-state index contributed by atoms with van der Waals surface area (Å²) in [5.41, 5.74) is -1.28. The van der Waals surface area contributed by atoms with E-state index in [0.717, 1.165) is 10.9 Å². The topological polar surface area (TPSA) is 133 Å². The second-order valence-electron chi connectivity index (χ2n) is 4.80. The van der Waals surface area contributed by atoms with Crippen molar-refractivity contribution in [2.75, 3.05) is 6.61 Å². The number of hydrogen-bond acceptors (Lipinski definition) is 7. The maximum atomic E-state index is 12.7. The second kappa shape index (κ2) is 5.35. The van der Waals surface area contributed by atoms with E-state index >= 15 is 0 Å². The largest absolute Gasteiger partial charge is 0.394 e. The van der Waals surface area contributed by atoms with E-state index in [4.69, 9.17) is 9.84 Å². The van der Waals surface area contributed by atoms with Crippen molar-refractivity contribution in [3.05, 3.63) is 22.5 Å². The van der Waals surface area contributed by atoms with Gasteiger partial charge in [-0.2, -0.15) is 0 Å². The number of halogens is 2. The van der Waals surface area contributed by atoms with Gasteiger partial charge in [0.15, 0.2) is 23.2 Å². The van der Waals surface area contributed by atoms with Gasteiger partial charge in [0.05, 0.1) is 12.9 Å². The zero-order valence-electron chi connectivity index (χ0n) is 10.9. The molecule has 0 aromatic carbocycles. The highest BCUT2D eigenvalue weighted by atomic mass is 19.3. The molecule has 22 heavy (non-hydrogen) atoms. The molecule has 0 unspecified atom stereocenters. The smallest absolute Gasteiger partial charge is 0.295 e. The molecule has 0 spiro atoms. The molecule has 1 aliphatic heterocycles. The molecular formula is C11H12F2N4O5. The summed E-state index contributed by atoms with van der Waals surface area (Å²) in [5.74, 6) is -0.842. The van der Waals surface area contributed by atoms with Gasteiger partial charge in [0.25, 0.3) is 12.0 Å². The quantitative estimate of drug-likeness (QED) is 0.551. The third kappa shape index (κ3) is 2.18. The van der Waals surface area contributed by atoms with Crippen molar-refractivity contribution < 1.29 is 28.8 Å². The first-order valence-corrected chi connectivity index (χ1v) is 6.31. The Bertz CT molecular complexity index is 748. The molecule has 1 saturated heterocycles. The summed E-state index contributed by atoms with van der Waals surface area (Å²) < 4.78 is 31.8. The number of H-pyrrole nitrogens is 1. The maximum absolute atomic E-state index is 12.7. The normalized spacial score (nSPS) is 28.8. The van der Waals surface area contributed by atoms with Gasteiger partial charge in [-0.1, -0.05) is 0 Å². The van der Waals surface area contributed by atoms with Crippen molar-refractivity contribution in [3.63, 3.8) is 0 Å². The molecule has 0 bridgehead atoms. The first-order chi connectivity index (χ1) is 10.4. The SMILES string of the molecule is O=c1[nH]c(C(F)F)nc2c1ncn2[C@@H]1O[C@H](CO)[C@@H](O)[C@H]1O. The molecule has 0 saturated carbocycles. The Morgan fingerprint density at radius 2 is 2.14 bits per heavy atom. The molecule has 0 aliphatic carbocycles. The van der Waals surface area contributed by atoms with Crippen LogP contribution in [0.3, 0.4) is 0 Å². The van der Waals surface area contributed by atoms with Crippen LogP contribution >= 0.6 is 0 Å². The Balaban J connectivity index is 2.10. The first kappa shape index (κ1) is 15.0. The lowest BCUT2D eigenvalue weighted by Crippen LogP contribution is -2.33. The summed E-state index contributed by atoms with van der Waals surface area (Å²) in [6.45, 7) is -0.544. The van der Waals surface area contributed by atoms with Crippen molar-refractivity contribution in [1.82, 2.24) is 19.5 Å². The summed E-state index contributed by atoms with van der Waals surface area (Å²) >= 11 is 0. The number of imidazole rings is 1. The highest BCUT2D eigenvalue weighted by Crippen LogP contribution is 2.31. The molecule has 4 atom stereocenters. The molecule has 0 amide bonds. The number of nitrogens with one attached hydrogen (secondary N) is 1. The maximum Gasteiger partial charge on any atom is 0.295 e. The number of aromatic nitrogens is 4. The van der Waals surface area contributed by atoms with E-state index in [2.05, 4.69) is 9.97 Å². The lowest BCUT2D eigenvalue weighted by molar-refractivity contribution is -0.0511. The predicted molar refractivity (Wildman–Crippen MR) is 66.1 cm³/mol. The van der Waals surface area contributed by atoms with Crippen LogP contribution in [0.4, 0.5) is 8.78 Å². The molecule has 0 radical (unpaired) electrons. The molecule has 2 aromatic heterocycles. The Morgan fingerprint density at radius 3 is 2.73 bits per heavy atom. The zero-order valence-corrected chi connectivity index (χ0v) is 10.9. The number of rotatable bonds is 3. The van der Waals surface area contributed by atoms with Gasteiger partial charge in [-0.25, -0.2) is 18.7 Å². The van der Waals surface area contributed by atoms with Crippen LogP contribution in [0.25, 0.3) is 11.2 Å². The third-order valence-corrected chi connectivity index (χ3v) is 3.45. The monoisotopic (exact) mass is 318 g/mol. The lowest BCUT2D eigenvalue weighted by Gasteiger charge is -2.16. The minimum absolute atomic E-state index is 0.206. The van der Waals surface area contributed by atoms with Crippen molar-refractivity contribution in [2.45, 2.75) is 31.0 Å². The van der Waals surface area contributed by atoms with Gasteiger partial charge in [0, 0.05) is 0 Å². The number of alkyl halides is 2. The molecule has 4 N–H and O–H groups in total. The Hall–Kier alpha value is -1.95. The molecule has 1 fully saturated rings. The van der Waals surface area contributed by atoms with Crippen LogP contribution in [0.15, 0.2) is 11.1 Å². The second-order valence-corrected chi connectivity index (χ2v) is 4.80. The van der Waals surface area contributed by atoms with E-state index in [-0.39, 0.29) is 11.2 Å². The standard InChI is InChI=1S/C11H12F2N4O5/c12-7(13)8-15-9-4(10(21)16-8)14-2-17(9)11-6(20)5(19)3(1-18)22-11/h2-3,5-7,11,18-20H,1H2,(H,15,16,21)/t3-,5-,6-,11-/m1/s1. The van der Waals surface area contributed by atoms with Crippen LogP contribution in [-0.4, -0.2) is 59.8 Å². The molecule has 2 aromatic rings. The number of fused-ring (bicyclic) bond motifs is 1. The number of aliphatic hydroxyl groups is 3. The van der Waals surface area contributed by atoms with Crippen LogP contribution in [0.2, 0.25) is 0 Å². The van der Waals surface area contributed by atoms with Gasteiger partial charge in [-0.15, -0.1) is 0 Å². The summed E-state index contributed by atoms with van der Waals surface area (Å²) in [6.07, 6.45) is -6.98. The molecule has 9 nitrogen and oxygen atoms in total. The van der Waals surface area contributed by atoms with E-state index in [0.29, 0.717) is 0 Å². The van der Waals surface area contributed by atoms with E-state index in [1.54, 1.807) is 0 Å². The minimum Gasteiger partial charge on any atom is -0.394 e. The van der Waals surface area contributed by atoms with Crippen molar-refractivity contribution in [2.24, 2.45) is 0 Å². The Kier molecular flexibility index (Phi) is 3.64. The minimum atomic E-state index is -2.99. The summed E-state index contributed by atoms with van der Waals surface area (Å²) in [7, 11) is 0. The lowest BCUT2D eigenvalue weighted by atomic mass is 10.1. The van der Waals surface area contributed by atoms with Crippen molar-refractivity contribution in [1.29, 1.82) is 0 Å². The summed E-state index contributed by atoms with van der Waals surface area (Å²) in [4.78, 5) is 21.0. The Morgan fingerprint density at radius 1 is 1.41 bits per heavy atom. The molecule has 3 rings (SSSR count). The molecule has 1 aliphatic rings. The van der Waals surface area contributed by atoms with Crippen LogP contribution in [0.5, 0.6) is 0 Å². The van der Waals surface area contributed by atoms with Gasteiger partial charge in [0.2, 0.25) is 0 Å². The zero-order chi connectivity index (χ0) is 16.0. The fourth-order valence-corrected chi connectivity index (χ4v) is 2.34. The summed E-state index contributed by atoms with van der Waals surface area (Å²) in [5, 5.41) is 28.7. The fourth-order valence-electron chi connectivity index (χ4n) is 2.34. The van der Waals surface area contributed by atoms with Crippen molar-refractivity contribution >= 4 is 11.2 Å². The highest BCUT2D eigenvalue weighted by Gasteiger charge is 2.44.